The van der Waals surface area contributed by atoms with E-state index in [0.29, 0.717) is 5.75 Å². The van der Waals surface area contributed by atoms with Gasteiger partial charge in [0.2, 0.25) is 0 Å². The minimum absolute atomic E-state index is 0.143. The number of halogens is 1. The molecule has 3 rings (SSSR count). The lowest BCUT2D eigenvalue weighted by atomic mass is 10.1. The van der Waals surface area contributed by atoms with Gasteiger partial charge >= 0.3 is 5.97 Å². The van der Waals surface area contributed by atoms with Gasteiger partial charge in [0.05, 0.1) is 7.11 Å². The number of H-pyrrole nitrogens is 1. The van der Waals surface area contributed by atoms with Gasteiger partial charge in [0.1, 0.15) is 22.9 Å². The highest BCUT2D eigenvalue weighted by Crippen LogP contribution is 2.31. The molecule has 1 N–H and O–H groups in total. The molecular formula is C20H21FN2O3. The number of benzene rings is 2. The summed E-state index contributed by atoms with van der Waals surface area (Å²) in [7, 11) is 5.39. The topological polar surface area (TPSA) is 54.6 Å². The number of hydrogen-bond donors (Lipinski definition) is 1. The number of hydrogen-bond acceptors (Lipinski definition) is 4. The molecule has 6 heteroatoms. The molecule has 0 unspecified atom stereocenters. The molecule has 1 heterocycles. The monoisotopic (exact) mass is 356 g/mol. The van der Waals surface area contributed by atoms with Crippen molar-refractivity contribution in [3.63, 3.8) is 0 Å². The number of nitrogens with one attached hydrogen (secondary N) is 1. The van der Waals surface area contributed by atoms with Crippen LogP contribution in [0.15, 0.2) is 42.6 Å². The maximum atomic E-state index is 14.1. The number of fused-ring (bicyclic) bond motifs is 1. The highest BCUT2D eigenvalue weighted by atomic mass is 19.1. The number of ether oxygens (including phenoxy) is 2. The first-order chi connectivity index (χ1) is 12.5. The highest BCUT2D eigenvalue weighted by molar-refractivity contribution is 5.97. The molecular weight excluding hydrogens is 335 g/mol. The third-order valence-corrected chi connectivity index (χ3v) is 4.18. The lowest BCUT2D eigenvalue weighted by Gasteiger charge is -2.12. The largest absolute Gasteiger partial charge is 0.496 e. The van der Waals surface area contributed by atoms with Gasteiger partial charge < -0.3 is 19.4 Å². The summed E-state index contributed by atoms with van der Waals surface area (Å²) in [5, 5.41) is 0.831. The number of rotatable bonds is 6. The van der Waals surface area contributed by atoms with Gasteiger partial charge in [0.15, 0.2) is 0 Å². The van der Waals surface area contributed by atoms with E-state index < -0.39 is 11.8 Å². The molecule has 0 atom stereocenters. The van der Waals surface area contributed by atoms with Gasteiger partial charge in [-0.3, -0.25) is 0 Å². The molecule has 0 saturated heterocycles. The second-order valence-electron chi connectivity index (χ2n) is 6.25. The lowest BCUT2D eigenvalue weighted by Crippen LogP contribution is -2.15. The number of aromatic amines is 1. The fourth-order valence-corrected chi connectivity index (χ4v) is 2.87. The molecule has 0 aliphatic heterocycles. The standard InChI is InChI=1S/C20H21FN2O3/c1-23(2)11-10-13-12-22-15-7-5-9-17(18(13)15)26-20(24)19-14(21)6-4-8-16(19)25-3/h4-9,12,22H,10-11H2,1-3H3. The van der Waals surface area contributed by atoms with E-state index in [9.17, 15) is 9.18 Å². The maximum absolute atomic E-state index is 14.1. The van der Waals surface area contributed by atoms with Crippen molar-refractivity contribution in [2.75, 3.05) is 27.7 Å². The molecule has 2 aromatic carbocycles. The number of esters is 1. The zero-order chi connectivity index (χ0) is 18.7. The van der Waals surface area contributed by atoms with Crippen molar-refractivity contribution in [3.05, 3.63) is 59.5 Å². The minimum atomic E-state index is -0.785. The fraction of sp³-hybridized carbons (Fsp3) is 0.250. The summed E-state index contributed by atoms with van der Waals surface area (Å²) in [4.78, 5) is 17.9. The molecule has 26 heavy (non-hydrogen) atoms. The first kappa shape index (κ1) is 17.9. The SMILES string of the molecule is COc1cccc(F)c1C(=O)Oc1cccc2[nH]cc(CCN(C)C)c12. The predicted octanol–water partition coefficient (Wildman–Crippen LogP) is 3.64. The fourth-order valence-electron chi connectivity index (χ4n) is 2.87. The summed E-state index contributed by atoms with van der Waals surface area (Å²) in [6, 6.07) is 9.63. The summed E-state index contributed by atoms with van der Waals surface area (Å²) >= 11 is 0. The quantitative estimate of drug-likeness (QED) is 0.541. The number of carbonyl (C=O) groups excluding carboxylic acids is 1. The summed E-state index contributed by atoms with van der Waals surface area (Å²) in [6.45, 7) is 0.858. The van der Waals surface area contributed by atoms with Gasteiger partial charge in [-0.05, 0) is 50.3 Å². The number of aromatic nitrogens is 1. The van der Waals surface area contributed by atoms with Gasteiger partial charge in [-0.25, -0.2) is 9.18 Å². The Balaban J connectivity index is 1.96. The molecule has 0 saturated carbocycles. The van der Waals surface area contributed by atoms with Crippen LogP contribution >= 0.6 is 0 Å². The second-order valence-corrected chi connectivity index (χ2v) is 6.25. The van der Waals surface area contributed by atoms with E-state index in [1.807, 2.05) is 26.4 Å². The van der Waals surface area contributed by atoms with Crippen LogP contribution in [0.4, 0.5) is 4.39 Å². The molecule has 0 amide bonds. The number of methoxy groups -OCH3 is 1. The zero-order valence-corrected chi connectivity index (χ0v) is 15.0. The van der Waals surface area contributed by atoms with Crippen molar-refractivity contribution < 1.29 is 18.7 Å². The summed E-state index contributed by atoms with van der Waals surface area (Å²) in [6.07, 6.45) is 2.71. The second kappa shape index (κ2) is 7.58. The predicted molar refractivity (Wildman–Crippen MR) is 98.5 cm³/mol. The first-order valence-corrected chi connectivity index (χ1v) is 8.29. The summed E-state index contributed by atoms with van der Waals surface area (Å²) in [5.41, 5.74) is 1.69. The lowest BCUT2D eigenvalue weighted by molar-refractivity contribution is 0.0728. The smallest absolute Gasteiger partial charge is 0.350 e. The zero-order valence-electron chi connectivity index (χ0n) is 15.0. The van der Waals surface area contributed by atoms with Crippen LogP contribution in [0.3, 0.4) is 0 Å². The van der Waals surface area contributed by atoms with Gasteiger partial charge in [-0.15, -0.1) is 0 Å². The van der Waals surface area contributed by atoms with Crippen molar-refractivity contribution in [1.82, 2.24) is 9.88 Å². The number of carbonyl (C=O) groups is 1. The Labute approximate surface area is 151 Å². The molecule has 0 radical (unpaired) electrons. The molecule has 136 valence electrons. The Morgan fingerprint density at radius 1 is 1.15 bits per heavy atom. The third kappa shape index (κ3) is 3.55. The van der Waals surface area contributed by atoms with Crippen molar-refractivity contribution in [2.45, 2.75) is 6.42 Å². The summed E-state index contributed by atoms with van der Waals surface area (Å²) in [5.74, 6) is -0.924. The number of nitrogens with zero attached hydrogens (tertiary/aromatic N) is 1. The van der Waals surface area contributed by atoms with Crippen LogP contribution in [0.5, 0.6) is 11.5 Å². The molecule has 1 aromatic heterocycles. The number of likely N-dealkylation sites (N-methyl/N-ethyl adjacent to an activating group) is 1. The van der Waals surface area contributed by atoms with E-state index in [1.165, 1.54) is 25.3 Å². The Kier molecular flexibility index (Phi) is 5.23. The van der Waals surface area contributed by atoms with Crippen LogP contribution in [-0.4, -0.2) is 43.6 Å². The average Bonchev–Trinajstić information content (AvgIpc) is 3.03. The molecule has 0 aliphatic rings. The van der Waals surface area contributed by atoms with E-state index in [2.05, 4.69) is 9.88 Å². The molecule has 0 fully saturated rings. The van der Waals surface area contributed by atoms with Crippen LogP contribution in [0, 0.1) is 5.82 Å². The van der Waals surface area contributed by atoms with E-state index in [1.54, 1.807) is 12.1 Å². The van der Waals surface area contributed by atoms with Gasteiger partial charge in [0, 0.05) is 23.6 Å². The summed E-state index contributed by atoms with van der Waals surface area (Å²) < 4.78 is 24.8. The Bertz CT molecular complexity index is 934. The van der Waals surface area contributed by atoms with E-state index in [0.717, 1.165) is 29.4 Å². The van der Waals surface area contributed by atoms with Crippen molar-refractivity contribution in [3.8, 4) is 11.5 Å². The first-order valence-electron chi connectivity index (χ1n) is 8.29. The maximum Gasteiger partial charge on any atom is 0.350 e. The van der Waals surface area contributed by atoms with E-state index in [-0.39, 0.29) is 11.3 Å². The Morgan fingerprint density at radius 2 is 1.88 bits per heavy atom. The molecule has 0 spiro atoms. The van der Waals surface area contributed by atoms with Crippen molar-refractivity contribution >= 4 is 16.9 Å². The molecule has 5 nitrogen and oxygen atoms in total. The van der Waals surface area contributed by atoms with E-state index >= 15 is 0 Å². The third-order valence-electron chi connectivity index (χ3n) is 4.18. The minimum Gasteiger partial charge on any atom is -0.496 e. The van der Waals surface area contributed by atoms with Crippen LogP contribution < -0.4 is 9.47 Å². The van der Waals surface area contributed by atoms with Gasteiger partial charge in [0.25, 0.3) is 0 Å². The van der Waals surface area contributed by atoms with Crippen molar-refractivity contribution in [1.29, 1.82) is 0 Å². The Hall–Kier alpha value is -2.86. The van der Waals surface area contributed by atoms with Crippen LogP contribution in [0.2, 0.25) is 0 Å². The van der Waals surface area contributed by atoms with Crippen molar-refractivity contribution in [2.24, 2.45) is 0 Å². The molecule has 3 aromatic rings. The van der Waals surface area contributed by atoms with Gasteiger partial charge in [-0.2, -0.15) is 0 Å². The van der Waals surface area contributed by atoms with Crippen LogP contribution in [-0.2, 0) is 6.42 Å². The van der Waals surface area contributed by atoms with Crippen LogP contribution in [0.25, 0.3) is 10.9 Å². The molecule has 0 bridgehead atoms. The van der Waals surface area contributed by atoms with Crippen LogP contribution in [0.1, 0.15) is 15.9 Å². The normalized spacial score (nSPS) is 11.1. The highest BCUT2D eigenvalue weighted by Gasteiger charge is 2.21. The van der Waals surface area contributed by atoms with Gasteiger partial charge in [-0.1, -0.05) is 12.1 Å². The van der Waals surface area contributed by atoms with E-state index in [4.69, 9.17) is 9.47 Å². The molecule has 0 aliphatic carbocycles. The average molecular weight is 356 g/mol. The Morgan fingerprint density at radius 3 is 2.62 bits per heavy atom.